The molecule has 33 heavy (non-hydrogen) atoms. The maximum Gasteiger partial charge on any atom is 0.329 e. The first-order valence-corrected chi connectivity index (χ1v) is 11.1. The number of rotatable bonds is 8. The monoisotopic (exact) mass is 484 g/mol. The summed E-state index contributed by atoms with van der Waals surface area (Å²) in [5, 5.41) is 16.4. The van der Waals surface area contributed by atoms with Crippen molar-refractivity contribution in [3.63, 3.8) is 0 Å². The second-order valence-electron chi connectivity index (χ2n) is 7.82. The summed E-state index contributed by atoms with van der Waals surface area (Å²) >= 11 is 12.3. The molecular formula is C25H22Cl2N2O4. The SMILES string of the molecule is CCCNc1c(N[C@@](C)(Cc2ccc(C#Cc3c(Cl)cccc3Cl)cc2)C(=O)O)c(=O)c1=O. The molecular weight excluding hydrogens is 463 g/mol. The second kappa shape index (κ2) is 10.1. The van der Waals surface area contributed by atoms with Crippen LogP contribution in [0.25, 0.3) is 0 Å². The van der Waals surface area contributed by atoms with Crippen LogP contribution in [0.2, 0.25) is 10.0 Å². The number of aliphatic carboxylic acids is 1. The van der Waals surface area contributed by atoms with Crippen molar-refractivity contribution in [1.29, 1.82) is 0 Å². The first-order chi connectivity index (χ1) is 15.7. The van der Waals surface area contributed by atoms with Crippen LogP contribution in [0.3, 0.4) is 0 Å². The maximum absolute atomic E-state index is 12.1. The standard InChI is InChI=1S/C25H22Cl2N2O4/c1-3-13-28-20-21(23(31)22(20)30)29-25(2,24(32)33)14-16-9-7-15(8-10-16)11-12-17-18(26)5-4-6-19(17)27/h4-10,28-29H,3,13-14H2,1-2H3,(H,32,33)/t25-/m0/s1. The normalized spacial score (nSPS) is 12.5. The van der Waals surface area contributed by atoms with E-state index in [1.807, 2.05) is 6.92 Å². The zero-order valence-corrected chi connectivity index (χ0v) is 19.6. The minimum absolute atomic E-state index is 0.0115. The Morgan fingerprint density at radius 1 is 1.00 bits per heavy atom. The lowest BCUT2D eigenvalue weighted by atomic mass is 9.91. The molecule has 1 atom stereocenters. The van der Waals surface area contributed by atoms with Crippen molar-refractivity contribution in [1.82, 2.24) is 0 Å². The Kier molecular flexibility index (Phi) is 7.47. The Bertz CT molecular complexity index is 1300. The molecule has 170 valence electrons. The van der Waals surface area contributed by atoms with E-state index in [-0.39, 0.29) is 17.8 Å². The van der Waals surface area contributed by atoms with Crippen LogP contribution in [0, 0.1) is 11.8 Å². The molecule has 0 aliphatic heterocycles. The molecule has 0 aliphatic rings. The Labute approximate surface area is 201 Å². The van der Waals surface area contributed by atoms with Crippen LogP contribution in [0.4, 0.5) is 11.4 Å². The van der Waals surface area contributed by atoms with Crippen molar-refractivity contribution in [2.45, 2.75) is 32.2 Å². The Morgan fingerprint density at radius 2 is 1.61 bits per heavy atom. The van der Waals surface area contributed by atoms with Crippen LogP contribution in [-0.4, -0.2) is 23.2 Å². The third-order valence-corrected chi connectivity index (χ3v) is 5.77. The van der Waals surface area contributed by atoms with E-state index in [2.05, 4.69) is 22.5 Å². The van der Waals surface area contributed by atoms with Crippen LogP contribution in [-0.2, 0) is 11.2 Å². The summed E-state index contributed by atoms with van der Waals surface area (Å²) in [6.45, 7) is 3.90. The molecule has 6 nitrogen and oxygen atoms in total. The van der Waals surface area contributed by atoms with E-state index in [1.165, 1.54) is 6.92 Å². The summed E-state index contributed by atoms with van der Waals surface area (Å²) in [4.78, 5) is 35.9. The van der Waals surface area contributed by atoms with E-state index >= 15 is 0 Å². The van der Waals surface area contributed by atoms with Gasteiger partial charge in [0.25, 0.3) is 10.9 Å². The first kappa shape index (κ1) is 24.4. The summed E-state index contributed by atoms with van der Waals surface area (Å²) < 4.78 is 0. The van der Waals surface area contributed by atoms with Crippen molar-refractivity contribution in [3.8, 4) is 11.8 Å². The average molecular weight is 485 g/mol. The van der Waals surface area contributed by atoms with Crippen molar-refractivity contribution >= 4 is 40.5 Å². The van der Waals surface area contributed by atoms with E-state index in [4.69, 9.17) is 23.2 Å². The van der Waals surface area contributed by atoms with Gasteiger partial charge in [0.05, 0.1) is 15.6 Å². The molecule has 0 saturated heterocycles. The van der Waals surface area contributed by atoms with Crippen LogP contribution in [0.5, 0.6) is 0 Å². The summed E-state index contributed by atoms with van der Waals surface area (Å²) in [5.41, 5.74) is -0.749. The lowest BCUT2D eigenvalue weighted by Crippen LogP contribution is -2.50. The van der Waals surface area contributed by atoms with Crippen LogP contribution in [0.1, 0.15) is 37.0 Å². The van der Waals surface area contributed by atoms with Gasteiger partial charge in [-0.15, -0.1) is 0 Å². The van der Waals surface area contributed by atoms with Crippen molar-refractivity contribution < 1.29 is 9.90 Å². The minimum Gasteiger partial charge on any atom is -0.480 e. The molecule has 0 unspecified atom stereocenters. The molecule has 0 aromatic heterocycles. The van der Waals surface area contributed by atoms with Gasteiger partial charge in [0.15, 0.2) is 0 Å². The highest BCUT2D eigenvalue weighted by atomic mass is 35.5. The van der Waals surface area contributed by atoms with Crippen molar-refractivity contribution in [2.75, 3.05) is 17.2 Å². The Balaban J connectivity index is 1.79. The Morgan fingerprint density at radius 3 is 2.18 bits per heavy atom. The molecule has 3 aromatic rings. The number of carboxylic acid groups (broad SMARTS) is 1. The minimum atomic E-state index is -1.50. The van der Waals surface area contributed by atoms with Gasteiger partial charge < -0.3 is 15.7 Å². The predicted octanol–water partition coefficient (Wildman–Crippen LogP) is 4.31. The second-order valence-corrected chi connectivity index (χ2v) is 8.63. The molecule has 0 heterocycles. The third-order valence-electron chi connectivity index (χ3n) is 5.14. The molecule has 0 saturated carbocycles. The molecule has 8 heteroatoms. The van der Waals surface area contributed by atoms with Crippen LogP contribution in [0.15, 0.2) is 52.1 Å². The molecule has 3 N–H and O–H groups in total. The molecule has 0 aliphatic carbocycles. The summed E-state index contributed by atoms with van der Waals surface area (Å²) in [6.07, 6.45) is 0.838. The van der Waals surface area contributed by atoms with E-state index < -0.39 is 22.4 Å². The van der Waals surface area contributed by atoms with Gasteiger partial charge in [-0.05, 0) is 43.2 Å². The van der Waals surface area contributed by atoms with E-state index in [0.717, 1.165) is 12.0 Å². The lowest BCUT2D eigenvalue weighted by molar-refractivity contribution is -0.141. The fourth-order valence-corrected chi connectivity index (χ4v) is 3.74. The molecule has 0 radical (unpaired) electrons. The number of anilines is 2. The number of carbonyl (C=O) groups is 1. The smallest absolute Gasteiger partial charge is 0.329 e. The number of carboxylic acids is 1. The van der Waals surface area contributed by atoms with E-state index in [9.17, 15) is 19.5 Å². The number of halogens is 2. The van der Waals surface area contributed by atoms with Gasteiger partial charge in [0.2, 0.25) is 0 Å². The van der Waals surface area contributed by atoms with Gasteiger partial charge in [0, 0.05) is 18.5 Å². The molecule has 0 spiro atoms. The van der Waals surface area contributed by atoms with Crippen molar-refractivity contribution in [3.05, 3.63) is 89.6 Å². The molecule has 0 amide bonds. The van der Waals surface area contributed by atoms with Gasteiger partial charge in [-0.2, -0.15) is 0 Å². The van der Waals surface area contributed by atoms with Crippen molar-refractivity contribution in [2.24, 2.45) is 0 Å². The lowest BCUT2D eigenvalue weighted by Gasteiger charge is -2.29. The quantitative estimate of drug-likeness (QED) is 0.325. The summed E-state index contributed by atoms with van der Waals surface area (Å²) in [7, 11) is 0. The predicted molar refractivity (Wildman–Crippen MR) is 132 cm³/mol. The first-order valence-electron chi connectivity index (χ1n) is 10.3. The van der Waals surface area contributed by atoms with Crippen LogP contribution < -0.4 is 21.5 Å². The third kappa shape index (κ3) is 5.39. The van der Waals surface area contributed by atoms with E-state index in [1.54, 1.807) is 42.5 Å². The van der Waals surface area contributed by atoms with E-state index in [0.29, 0.717) is 27.7 Å². The average Bonchev–Trinajstić information content (AvgIpc) is 2.79. The maximum atomic E-state index is 12.1. The zero-order chi connectivity index (χ0) is 24.2. The fraction of sp³-hybridized carbons (Fsp3) is 0.240. The molecule has 3 rings (SSSR count). The highest BCUT2D eigenvalue weighted by Crippen LogP contribution is 2.25. The number of hydrogen-bond donors (Lipinski definition) is 3. The highest BCUT2D eigenvalue weighted by molar-refractivity contribution is 6.36. The summed E-state index contributed by atoms with van der Waals surface area (Å²) in [5.74, 6) is 4.80. The number of hydrogen-bond acceptors (Lipinski definition) is 5. The topological polar surface area (TPSA) is 95.5 Å². The largest absolute Gasteiger partial charge is 0.480 e. The number of benzene rings is 2. The summed E-state index contributed by atoms with van der Waals surface area (Å²) in [6, 6.07) is 12.2. The van der Waals surface area contributed by atoms with Gasteiger partial charge in [-0.1, -0.05) is 60.2 Å². The van der Waals surface area contributed by atoms with Gasteiger partial charge >= 0.3 is 5.97 Å². The molecule has 0 fully saturated rings. The van der Waals surface area contributed by atoms with Crippen LogP contribution >= 0.6 is 23.2 Å². The molecule has 0 bridgehead atoms. The molecule has 3 aromatic carbocycles. The van der Waals surface area contributed by atoms with Gasteiger partial charge in [-0.3, -0.25) is 9.59 Å². The highest BCUT2D eigenvalue weighted by Gasteiger charge is 2.36. The fourth-order valence-electron chi connectivity index (χ4n) is 3.24. The Hall–Kier alpha value is -3.27. The number of nitrogens with one attached hydrogen (secondary N) is 2. The van der Waals surface area contributed by atoms with Gasteiger partial charge in [-0.25, -0.2) is 4.79 Å². The van der Waals surface area contributed by atoms with Gasteiger partial charge in [0.1, 0.15) is 16.9 Å². The zero-order valence-electron chi connectivity index (χ0n) is 18.1.